The number of hydrogen-bond donors (Lipinski definition) is 1. The van der Waals surface area contributed by atoms with E-state index in [1.165, 1.54) is 18.4 Å². The topological polar surface area (TPSA) is 51.2 Å². The smallest absolute Gasteiger partial charge is 0.349 e. The van der Waals surface area contributed by atoms with Crippen LogP contribution in [0, 0.1) is 0 Å². The summed E-state index contributed by atoms with van der Waals surface area (Å²) in [5.74, 6) is -0.331. The summed E-state index contributed by atoms with van der Waals surface area (Å²) in [6.07, 6.45) is 5.90. The number of nitrogens with zero attached hydrogens (tertiary/aromatic N) is 1. The molecule has 0 spiro atoms. The Morgan fingerprint density at radius 3 is 2.72 bits per heavy atom. The minimum Gasteiger partial charge on any atom is -0.465 e. The van der Waals surface area contributed by atoms with Crippen molar-refractivity contribution >= 4 is 34.2 Å². The Labute approximate surface area is 117 Å². The number of esters is 1. The van der Waals surface area contributed by atoms with Gasteiger partial charge in [-0.25, -0.2) is 9.78 Å². The lowest BCUT2D eigenvalue weighted by Crippen LogP contribution is -2.31. The van der Waals surface area contributed by atoms with Crippen LogP contribution in [-0.4, -0.2) is 35.6 Å². The number of aromatic nitrogens is 1. The van der Waals surface area contributed by atoms with Gasteiger partial charge in [-0.05, 0) is 19.1 Å². The first kappa shape index (κ1) is 15.3. The maximum atomic E-state index is 11.3. The van der Waals surface area contributed by atoms with Gasteiger partial charge in [0.15, 0.2) is 5.13 Å². The fourth-order valence-corrected chi connectivity index (χ4v) is 3.17. The van der Waals surface area contributed by atoms with E-state index in [1.54, 1.807) is 6.20 Å². The van der Waals surface area contributed by atoms with Gasteiger partial charge in [0.25, 0.3) is 0 Å². The van der Waals surface area contributed by atoms with Crippen molar-refractivity contribution < 1.29 is 9.53 Å². The molecular formula is C12H20N2O2S2. The maximum absolute atomic E-state index is 11.3. The fraction of sp³-hybridized carbons (Fsp3) is 0.667. The van der Waals surface area contributed by atoms with Crippen molar-refractivity contribution in [1.82, 2.24) is 4.98 Å². The summed E-state index contributed by atoms with van der Waals surface area (Å²) in [5, 5.41) is 4.09. The van der Waals surface area contributed by atoms with Crippen LogP contribution >= 0.6 is 23.1 Å². The average molecular weight is 288 g/mol. The molecule has 102 valence electrons. The molecule has 0 aliphatic rings. The third-order valence-electron chi connectivity index (χ3n) is 3.18. The van der Waals surface area contributed by atoms with Crippen LogP contribution in [-0.2, 0) is 4.74 Å². The minimum absolute atomic E-state index is 0.233. The second kappa shape index (κ2) is 6.99. The Morgan fingerprint density at radius 2 is 2.22 bits per heavy atom. The summed E-state index contributed by atoms with van der Waals surface area (Å²) in [7, 11) is 1.38. The number of anilines is 1. The third kappa shape index (κ3) is 3.62. The Hall–Kier alpha value is -0.750. The quantitative estimate of drug-likeness (QED) is 0.780. The van der Waals surface area contributed by atoms with E-state index >= 15 is 0 Å². The van der Waals surface area contributed by atoms with Gasteiger partial charge >= 0.3 is 5.97 Å². The van der Waals surface area contributed by atoms with Crippen LogP contribution in [0.4, 0.5) is 5.13 Å². The van der Waals surface area contributed by atoms with Crippen LogP contribution in [0.25, 0.3) is 0 Å². The Kier molecular flexibility index (Phi) is 5.95. The van der Waals surface area contributed by atoms with Crippen molar-refractivity contribution in [3.8, 4) is 0 Å². The summed E-state index contributed by atoms with van der Waals surface area (Å²) in [5.41, 5.74) is 0. The number of ether oxygens (including phenoxy) is 1. The summed E-state index contributed by atoms with van der Waals surface area (Å²) in [4.78, 5) is 16.0. The van der Waals surface area contributed by atoms with Gasteiger partial charge in [0.05, 0.1) is 13.3 Å². The molecule has 1 aromatic rings. The zero-order chi connectivity index (χ0) is 13.6. The van der Waals surface area contributed by atoms with Crippen molar-refractivity contribution in [2.45, 2.75) is 31.4 Å². The third-order valence-corrected chi connectivity index (χ3v) is 5.70. The number of carbonyl (C=O) groups is 1. The van der Waals surface area contributed by atoms with Crippen LogP contribution in [0.2, 0.25) is 0 Å². The lowest BCUT2D eigenvalue weighted by Gasteiger charge is -2.29. The predicted octanol–water partition coefficient (Wildman–Crippen LogP) is 3.26. The highest BCUT2D eigenvalue weighted by atomic mass is 32.2. The highest BCUT2D eigenvalue weighted by Gasteiger charge is 2.25. The number of nitrogens with one attached hydrogen (secondary N) is 1. The Morgan fingerprint density at radius 1 is 1.56 bits per heavy atom. The van der Waals surface area contributed by atoms with Crippen LogP contribution in [0.3, 0.4) is 0 Å². The van der Waals surface area contributed by atoms with Gasteiger partial charge in [0.2, 0.25) is 0 Å². The van der Waals surface area contributed by atoms with Crippen molar-refractivity contribution in [2.75, 3.05) is 25.2 Å². The zero-order valence-electron chi connectivity index (χ0n) is 11.3. The van der Waals surface area contributed by atoms with E-state index in [4.69, 9.17) is 0 Å². The molecule has 0 aliphatic heterocycles. The first-order chi connectivity index (χ1) is 8.60. The van der Waals surface area contributed by atoms with Gasteiger partial charge in [0.1, 0.15) is 4.88 Å². The molecule has 0 saturated heterocycles. The van der Waals surface area contributed by atoms with E-state index < -0.39 is 0 Å². The van der Waals surface area contributed by atoms with Crippen LogP contribution in [0.15, 0.2) is 6.20 Å². The van der Waals surface area contributed by atoms with Gasteiger partial charge in [0, 0.05) is 11.3 Å². The SMILES string of the molecule is CCC(CC)(CNc1ncc(C(=O)OC)s1)SC. The highest BCUT2D eigenvalue weighted by Crippen LogP contribution is 2.31. The largest absolute Gasteiger partial charge is 0.465 e. The Balaban J connectivity index is 2.63. The molecule has 0 radical (unpaired) electrons. The predicted molar refractivity (Wildman–Crippen MR) is 78.8 cm³/mol. The normalized spacial score (nSPS) is 11.3. The van der Waals surface area contributed by atoms with Crippen molar-refractivity contribution in [1.29, 1.82) is 0 Å². The molecule has 0 aliphatic carbocycles. The molecule has 6 heteroatoms. The van der Waals surface area contributed by atoms with Crippen molar-refractivity contribution in [3.63, 3.8) is 0 Å². The van der Waals surface area contributed by atoms with Crippen molar-refractivity contribution in [2.24, 2.45) is 0 Å². The lowest BCUT2D eigenvalue weighted by atomic mass is 10.0. The first-order valence-electron chi connectivity index (χ1n) is 5.94. The van der Waals surface area contributed by atoms with Gasteiger partial charge in [-0.2, -0.15) is 11.8 Å². The van der Waals surface area contributed by atoms with Crippen molar-refractivity contribution in [3.05, 3.63) is 11.1 Å². The maximum Gasteiger partial charge on any atom is 0.349 e. The molecule has 0 bridgehead atoms. The molecule has 1 aromatic heterocycles. The summed E-state index contributed by atoms with van der Waals surface area (Å²) < 4.78 is 4.89. The Bertz CT molecular complexity index is 381. The van der Waals surface area contributed by atoms with Crippen LogP contribution in [0.1, 0.15) is 36.4 Å². The summed E-state index contributed by atoms with van der Waals surface area (Å²) in [6, 6.07) is 0. The summed E-state index contributed by atoms with van der Waals surface area (Å²) in [6.45, 7) is 5.25. The molecule has 1 heterocycles. The average Bonchev–Trinajstić information content (AvgIpc) is 2.89. The minimum atomic E-state index is -0.331. The molecule has 18 heavy (non-hydrogen) atoms. The number of thioether (sulfide) groups is 1. The van der Waals surface area contributed by atoms with E-state index in [0.717, 1.165) is 24.5 Å². The molecule has 0 aromatic carbocycles. The van der Waals surface area contributed by atoms with Gasteiger partial charge < -0.3 is 10.1 Å². The van der Waals surface area contributed by atoms with Gasteiger partial charge in [-0.1, -0.05) is 25.2 Å². The van der Waals surface area contributed by atoms with E-state index in [9.17, 15) is 4.79 Å². The van der Waals surface area contributed by atoms with Gasteiger partial charge in [-0.15, -0.1) is 0 Å². The van der Waals surface area contributed by atoms with Crippen LogP contribution < -0.4 is 5.32 Å². The second-order valence-corrected chi connectivity index (χ2v) is 6.27. The molecule has 1 rings (SSSR count). The molecule has 1 N–H and O–H groups in total. The number of hydrogen-bond acceptors (Lipinski definition) is 6. The zero-order valence-corrected chi connectivity index (χ0v) is 12.9. The molecule has 0 saturated carbocycles. The lowest BCUT2D eigenvalue weighted by molar-refractivity contribution is 0.0606. The van der Waals surface area contributed by atoms with E-state index in [2.05, 4.69) is 35.1 Å². The summed E-state index contributed by atoms with van der Waals surface area (Å²) >= 11 is 3.21. The van der Waals surface area contributed by atoms with E-state index in [1.807, 2.05) is 11.8 Å². The fourth-order valence-electron chi connectivity index (χ4n) is 1.65. The van der Waals surface area contributed by atoms with E-state index in [-0.39, 0.29) is 10.7 Å². The van der Waals surface area contributed by atoms with E-state index in [0.29, 0.717) is 4.88 Å². The molecule has 0 atom stereocenters. The monoisotopic (exact) mass is 288 g/mol. The molecule has 0 fully saturated rings. The number of rotatable bonds is 7. The molecule has 4 nitrogen and oxygen atoms in total. The molecular weight excluding hydrogens is 268 g/mol. The highest BCUT2D eigenvalue weighted by molar-refractivity contribution is 8.00. The van der Waals surface area contributed by atoms with Gasteiger partial charge in [-0.3, -0.25) is 0 Å². The van der Waals surface area contributed by atoms with Crippen LogP contribution in [0.5, 0.6) is 0 Å². The number of methoxy groups -OCH3 is 1. The number of carbonyl (C=O) groups excluding carboxylic acids is 1. The molecule has 0 amide bonds. The second-order valence-electron chi connectivity index (χ2n) is 3.97. The first-order valence-corrected chi connectivity index (χ1v) is 7.98. The number of thiazole rings is 1. The standard InChI is InChI=1S/C12H20N2O2S2/c1-5-12(6-2,17-4)8-14-11-13-7-9(18-11)10(15)16-3/h7H,5-6,8H2,1-4H3,(H,13,14). The molecule has 0 unspecified atom stereocenters.